The fraction of sp³-hybridized carbons (Fsp3) is 0.136. The third kappa shape index (κ3) is 3.97. The molecule has 4 rings (SSSR count). The highest BCUT2D eigenvalue weighted by atomic mass is 35.5. The van der Waals surface area contributed by atoms with Crippen LogP contribution in [0.15, 0.2) is 54.9 Å². The largest absolute Gasteiger partial charge is 0.361 e. The van der Waals surface area contributed by atoms with E-state index in [4.69, 9.17) is 11.6 Å². The van der Waals surface area contributed by atoms with Crippen LogP contribution < -0.4 is 15.5 Å². The number of anilines is 3. The first-order chi connectivity index (χ1) is 14.4. The Labute approximate surface area is 179 Å². The lowest BCUT2D eigenvalue weighted by Crippen LogP contribution is -2.36. The summed E-state index contributed by atoms with van der Waals surface area (Å²) in [6.45, 7) is 4.18. The Hall–Kier alpha value is -3.45. The second-order valence-electron chi connectivity index (χ2n) is 6.99. The van der Waals surface area contributed by atoms with E-state index in [2.05, 4.69) is 27.5 Å². The molecule has 7 nitrogen and oxygen atoms in total. The topological polar surface area (TPSA) is 87.2 Å². The normalized spacial score (nSPS) is 14.0. The number of benzene rings is 2. The van der Waals surface area contributed by atoms with Gasteiger partial charge in [0.25, 0.3) is 0 Å². The van der Waals surface area contributed by atoms with Crippen molar-refractivity contribution >= 4 is 40.6 Å². The third-order valence-electron chi connectivity index (χ3n) is 4.86. The smallest absolute Gasteiger partial charge is 0.245 e. The molecule has 0 aliphatic carbocycles. The molecule has 8 heteroatoms. The lowest BCUT2D eigenvalue weighted by atomic mass is 10.0. The number of fused-ring (bicyclic) bond motifs is 1. The fourth-order valence-electron chi connectivity index (χ4n) is 3.30. The first kappa shape index (κ1) is 19.8. The van der Waals surface area contributed by atoms with Gasteiger partial charge in [-0.05, 0) is 36.8 Å². The standard InChI is InChI=1S/C22H19ClN5O2/c1-13(14-3-7-16(23)8-4-14)22(30)26-17-9-5-15(6-10-17)19-20-21(25-12-24-19)27-18(29)11-28(20)2/h3-10,12-13H,1,11H2,2H3,(H,26,30)(H,24,25,27,29)/t13-/m0/s1. The Morgan fingerprint density at radius 3 is 2.57 bits per heavy atom. The summed E-state index contributed by atoms with van der Waals surface area (Å²) in [5.41, 5.74) is 3.74. The molecule has 151 valence electrons. The first-order valence-corrected chi connectivity index (χ1v) is 9.66. The number of amides is 2. The molecule has 0 bridgehead atoms. The summed E-state index contributed by atoms with van der Waals surface area (Å²) in [5, 5.41) is 6.25. The minimum atomic E-state index is -0.562. The molecule has 2 N–H and O–H groups in total. The third-order valence-corrected chi connectivity index (χ3v) is 5.11. The van der Waals surface area contributed by atoms with Gasteiger partial charge in [0.2, 0.25) is 11.8 Å². The first-order valence-electron chi connectivity index (χ1n) is 9.28. The highest BCUT2D eigenvalue weighted by molar-refractivity contribution is 6.30. The number of nitrogens with one attached hydrogen (secondary N) is 2. The van der Waals surface area contributed by atoms with E-state index in [0.29, 0.717) is 22.2 Å². The quantitative estimate of drug-likeness (QED) is 0.671. The molecule has 1 radical (unpaired) electrons. The van der Waals surface area contributed by atoms with Gasteiger partial charge in [0.05, 0.1) is 18.2 Å². The number of carbonyl (C=O) groups is 2. The van der Waals surface area contributed by atoms with Crippen molar-refractivity contribution in [2.75, 3.05) is 29.1 Å². The number of aromatic nitrogens is 2. The molecule has 0 saturated heterocycles. The van der Waals surface area contributed by atoms with Gasteiger partial charge in [-0.1, -0.05) is 35.9 Å². The van der Waals surface area contributed by atoms with Gasteiger partial charge in [0.15, 0.2) is 5.82 Å². The zero-order valence-corrected chi connectivity index (χ0v) is 17.0. The molecular weight excluding hydrogens is 402 g/mol. The van der Waals surface area contributed by atoms with E-state index in [1.54, 1.807) is 36.4 Å². The number of hydrogen-bond donors (Lipinski definition) is 2. The monoisotopic (exact) mass is 420 g/mol. The molecule has 2 heterocycles. The van der Waals surface area contributed by atoms with Gasteiger partial charge in [0.1, 0.15) is 12.0 Å². The Kier molecular flexibility index (Phi) is 5.37. The van der Waals surface area contributed by atoms with Crippen LogP contribution in [-0.4, -0.2) is 35.4 Å². The fourth-order valence-corrected chi connectivity index (χ4v) is 3.42. The van der Waals surface area contributed by atoms with Crippen molar-refractivity contribution in [2.24, 2.45) is 0 Å². The van der Waals surface area contributed by atoms with Gasteiger partial charge >= 0.3 is 0 Å². The van der Waals surface area contributed by atoms with E-state index in [1.807, 2.05) is 24.1 Å². The van der Waals surface area contributed by atoms with Crippen LogP contribution in [0.1, 0.15) is 11.5 Å². The predicted octanol–water partition coefficient (Wildman–Crippen LogP) is 3.74. The van der Waals surface area contributed by atoms with Crippen molar-refractivity contribution in [1.82, 2.24) is 9.97 Å². The number of likely N-dealkylation sites (N-methyl/N-ethyl adjacent to an activating group) is 1. The summed E-state index contributed by atoms with van der Waals surface area (Å²) in [6, 6.07) is 14.4. The SMILES string of the molecule is [CH2][C@H](C(=O)Nc1ccc(-c2ncnc3c2N(C)CC(=O)N3)cc1)c1ccc(Cl)cc1. The van der Waals surface area contributed by atoms with Crippen molar-refractivity contribution < 1.29 is 9.59 Å². The second kappa shape index (κ2) is 8.12. The van der Waals surface area contributed by atoms with Gasteiger partial charge < -0.3 is 15.5 Å². The number of carbonyl (C=O) groups excluding carboxylic acids is 2. The Morgan fingerprint density at radius 1 is 1.17 bits per heavy atom. The Bertz CT molecular complexity index is 1100. The summed E-state index contributed by atoms with van der Waals surface area (Å²) in [4.78, 5) is 34.7. The van der Waals surface area contributed by atoms with Crippen LogP contribution >= 0.6 is 11.6 Å². The zero-order chi connectivity index (χ0) is 21.3. The number of hydrogen-bond acceptors (Lipinski definition) is 5. The minimum absolute atomic E-state index is 0.115. The van der Waals surface area contributed by atoms with E-state index < -0.39 is 5.92 Å². The highest BCUT2D eigenvalue weighted by Crippen LogP contribution is 2.35. The second-order valence-corrected chi connectivity index (χ2v) is 7.43. The molecule has 3 aromatic rings. The summed E-state index contributed by atoms with van der Waals surface area (Å²) < 4.78 is 0. The molecule has 0 spiro atoms. The molecule has 1 aliphatic heterocycles. The summed E-state index contributed by atoms with van der Waals surface area (Å²) in [5.74, 6) is -0.407. The summed E-state index contributed by atoms with van der Waals surface area (Å²) in [7, 11) is 1.82. The van der Waals surface area contributed by atoms with Crippen molar-refractivity contribution in [3.8, 4) is 11.3 Å². The molecule has 2 amide bonds. The number of halogens is 1. The van der Waals surface area contributed by atoms with Crippen LogP contribution in [0.3, 0.4) is 0 Å². The number of rotatable bonds is 4. The van der Waals surface area contributed by atoms with Gasteiger partial charge in [-0.2, -0.15) is 0 Å². The van der Waals surface area contributed by atoms with Crippen LogP contribution in [0.5, 0.6) is 0 Å². The van der Waals surface area contributed by atoms with E-state index in [1.165, 1.54) is 6.33 Å². The summed E-state index contributed by atoms with van der Waals surface area (Å²) in [6.07, 6.45) is 1.42. The van der Waals surface area contributed by atoms with Gasteiger partial charge in [0, 0.05) is 23.3 Å². The van der Waals surface area contributed by atoms with Gasteiger partial charge in [-0.15, -0.1) is 0 Å². The average molecular weight is 421 g/mol. The lowest BCUT2D eigenvalue weighted by Gasteiger charge is -2.27. The van der Waals surface area contributed by atoms with E-state index in [-0.39, 0.29) is 18.4 Å². The predicted molar refractivity (Wildman–Crippen MR) is 118 cm³/mol. The molecule has 1 aliphatic rings. The van der Waals surface area contributed by atoms with E-state index >= 15 is 0 Å². The maximum atomic E-state index is 12.5. The maximum absolute atomic E-state index is 12.5. The van der Waals surface area contributed by atoms with Crippen molar-refractivity contribution in [3.63, 3.8) is 0 Å². The van der Waals surface area contributed by atoms with Crippen molar-refractivity contribution in [3.05, 3.63) is 72.4 Å². The molecule has 0 fully saturated rings. The lowest BCUT2D eigenvalue weighted by molar-refractivity contribution is -0.117. The van der Waals surface area contributed by atoms with Crippen LogP contribution in [-0.2, 0) is 9.59 Å². The molecule has 0 unspecified atom stereocenters. The van der Waals surface area contributed by atoms with Crippen LogP contribution in [0.2, 0.25) is 5.02 Å². The van der Waals surface area contributed by atoms with E-state index in [9.17, 15) is 9.59 Å². The molecule has 30 heavy (non-hydrogen) atoms. The molecule has 1 aromatic heterocycles. The molecule has 0 saturated carbocycles. The molecule has 2 aromatic carbocycles. The Morgan fingerprint density at radius 2 is 1.87 bits per heavy atom. The molecular formula is C22H19ClN5O2. The number of nitrogens with zero attached hydrogens (tertiary/aromatic N) is 3. The van der Waals surface area contributed by atoms with Crippen LogP contribution in [0.4, 0.5) is 17.2 Å². The Balaban J connectivity index is 1.53. The highest BCUT2D eigenvalue weighted by Gasteiger charge is 2.24. The van der Waals surface area contributed by atoms with Crippen LogP contribution in [0.25, 0.3) is 11.3 Å². The van der Waals surface area contributed by atoms with E-state index in [0.717, 1.165) is 16.8 Å². The van der Waals surface area contributed by atoms with Crippen LogP contribution in [0, 0.1) is 6.92 Å². The van der Waals surface area contributed by atoms with Crippen molar-refractivity contribution in [2.45, 2.75) is 5.92 Å². The minimum Gasteiger partial charge on any atom is -0.361 e. The van der Waals surface area contributed by atoms with Gasteiger partial charge in [-0.25, -0.2) is 9.97 Å². The van der Waals surface area contributed by atoms with Gasteiger partial charge in [-0.3, -0.25) is 9.59 Å². The molecule has 1 atom stereocenters. The average Bonchev–Trinajstić information content (AvgIpc) is 2.73. The summed E-state index contributed by atoms with van der Waals surface area (Å²) >= 11 is 5.90. The van der Waals surface area contributed by atoms with Crippen molar-refractivity contribution in [1.29, 1.82) is 0 Å². The zero-order valence-electron chi connectivity index (χ0n) is 16.2. The maximum Gasteiger partial charge on any atom is 0.245 e.